The van der Waals surface area contributed by atoms with E-state index >= 15 is 0 Å². The molecule has 0 saturated carbocycles. The molecule has 0 aliphatic heterocycles. The fourth-order valence-electron chi connectivity index (χ4n) is 1.24. The van der Waals surface area contributed by atoms with Crippen LogP contribution in [0.4, 0.5) is 0 Å². The number of halogens is 1. The van der Waals surface area contributed by atoms with Crippen LogP contribution in [0.1, 0.15) is 29.8 Å². The van der Waals surface area contributed by atoms with Gasteiger partial charge >= 0.3 is 0 Å². The van der Waals surface area contributed by atoms with Gasteiger partial charge in [-0.2, -0.15) is 0 Å². The minimum absolute atomic E-state index is 0.0103. The molecule has 0 N–H and O–H groups in total. The smallest absolute Gasteiger partial charge is 0.159 e. The second kappa shape index (κ2) is 4.51. The molecule has 0 spiro atoms. The number of rotatable bonds is 3. The summed E-state index contributed by atoms with van der Waals surface area (Å²) in [5, 5.41) is 0. The second-order valence-corrected chi connectivity index (χ2v) is 4.20. The van der Waals surface area contributed by atoms with Crippen molar-refractivity contribution >= 4 is 27.5 Å². The Kier molecular flexibility index (Phi) is 3.58. The molecule has 0 aliphatic rings. The maximum Gasteiger partial charge on any atom is 0.159 e. The van der Waals surface area contributed by atoms with E-state index in [0.29, 0.717) is 12.0 Å². The molecule has 74 valence electrons. The van der Waals surface area contributed by atoms with Crippen molar-refractivity contribution in [2.45, 2.75) is 20.3 Å². The van der Waals surface area contributed by atoms with Crippen molar-refractivity contribution in [3.05, 3.63) is 33.8 Å². The predicted octanol–water partition coefficient (Wildman–Crippen LogP) is 2.78. The molecule has 0 bridgehead atoms. The summed E-state index contributed by atoms with van der Waals surface area (Å²) in [6.45, 7) is 3.05. The average Bonchev–Trinajstić information content (AvgIpc) is 2.01. The lowest BCUT2D eigenvalue weighted by Gasteiger charge is -2.02. The van der Waals surface area contributed by atoms with Crippen LogP contribution in [0.2, 0.25) is 0 Å². The molecule has 0 radical (unpaired) electrons. The first-order chi connectivity index (χ1) is 6.49. The third-order valence-corrected chi connectivity index (χ3v) is 2.28. The zero-order valence-corrected chi connectivity index (χ0v) is 9.72. The van der Waals surface area contributed by atoms with Gasteiger partial charge in [-0.05, 0) is 37.6 Å². The number of benzene rings is 1. The lowest BCUT2D eigenvalue weighted by Crippen LogP contribution is -1.99. The quantitative estimate of drug-likeness (QED) is 0.778. The van der Waals surface area contributed by atoms with E-state index in [9.17, 15) is 9.59 Å². The lowest BCUT2D eigenvalue weighted by molar-refractivity contribution is -0.116. The molecule has 1 aromatic carbocycles. The van der Waals surface area contributed by atoms with Crippen molar-refractivity contribution in [1.29, 1.82) is 0 Å². The highest BCUT2D eigenvalue weighted by molar-refractivity contribution is 9.10. The Hall–Kier alpha value is -0.960. The first kappa shape index (κ1) is 11.1. The number of hydrogen-bond acceptors (Lipinski definition) is 2. The number of ketones is 2. The van der Waals surface area contributed by atoms with Gasteiger partial charge in [-0.1, -0.05) is 15.9 Å². The van der Waals surface area contributed by atoms with Crippen molar-refractivity contribution < 1.29 is 9.59 Å². The van der Waals surface area contributed by atoms with Gasteiger partial charge in [-0.25, -0.2) is 0 Å². The summed E-state index contributed by atoms with van der Waals surface area (Å²) in [5.41, 5.74) is 1.51. The normalized spacial score (nSPS) is 9.93. The van der Waals surface area contributed by atoms with Crippen LogP contribution in [0, 0.1) is 0 Å². The number of hydrogen-bond donors (Lipinski definition) is 0. The van der Waals surface area contributed by atoms with Crippen LogP contribution in [-0.2, 0) is 11.2 Å². The summed E-state index contributed by atoms with van der Waals surface area (Å²) < 4.78 is 0.835. The third kappa shape index (κ3) is 3.07. The number of Topliss-reactive ketones (excluding diaryl/α,β-unsaturated/α-hetero) is 2. The monoisotopic (exact) mass is 254 g/mol. The predicted molar refractivity (Wildman–Crippen MR) is 58.5 cm³/mol. The van der Waals surface area contributed by atoms with E-state index in [-0.39, 0.29) is 11.6 Å². The van der Waals surface area contributed by atoms with Crippen LogP contribution in [-0.4, -0.2) is 11.6 Å². The Bertz CT molecular complexity index is 383. The summed E-state index contributed by atoms with van der Waals surface area (Å²) in [5.74, 6) is 0.105. The van der Waals surface area contributed by atoms with Crippen LogP contribution < -0.4 is 0 Å². The van der Waals surface area contributed by atoms with Gasteiger partial charge in [0.15, 0.2) is 5.78 Å². The van der Waals surface area contributed by atoms with Crippen LogP contribution in [0.15, 0.2) is 22.7 Å². The van der Waals surface area contributed by atoms with Gasteiger partial charge in [0.25, 0.3) is 0 Å². The Labute approximate surface area is 91.4 Å². The van der Waals surface area contributed by atoms with Crippen LogP contribution in [0.3, 0.4) is 0 Å². The van der Waals surface area contributed by atoms with Crippen molar-refractivity contribution in [2.75, 3.05) is 0 Å². The van der Waals surface area contributed by atoms with E-state index in [4.69, 9.17) is 0 Å². The zero-order chi connectivity index (χ0) is 10.7. The van der Waals surface area contributed by atoms with E-state index < -0.39 is 0 Å². The minimum atomic E-state index is 0.0103. The van der Waals surface area contributed by atoms with Gasteiger partial charge < -0.3 is 0 Å². The molecule has 0 unspecified atom stereocenters. The van der Waals surface area contributed by atoms with Gasteiger partial charge in [0, 0.05) is 16.5 Å². The average molecular weight is 255 g/mol. The van der Waals surface area contributed by atoms with Crippen molar-refractivity contribution in [2.24, 2.45) is 0 Å². The first-order valence-corrected chi connectivity index (χ1v) is 5.08. The summed E-state index contributed by atoms with van der Waals surface area (Å²) >= 11 is 3.31. The zero-order valence-electron chi connectivity index (χ0n) is 8.13. The fourth-order valence-corrected chi connectivity index (χ4v) is 1.78. The molecule has 0 aliphatic carbocycles. The third-order valence-electron chi connectivity index (χ3n) is 1.82. The molecule has 1 rings (SSSR count). The highest BCUT2D eigenvalue weighted by atomic mass is 79.9. The van der Waals surface area contributed by atoms with Crippen LogP contribution in [0.25, 0.3) is 0 Å². The number of carbonyl (C=O) groups excluding carboxylic acids is 2. The summed E-state index contributed by atoms with van der Waals surface area (Å²) in [6, 6.07) is 5.37. The summed E-state index contributed by atoms with van der Waals surface area (Å²) in [7, 11) is 0. The van der Waals surface area contributed by atoms with Gasteiger partial charge in [-0.3, -0.25) is 9.59 Å². The minimum Gasteiger partial charge on any atom is -0.300 e. The van der Waals surface area contributed by atoms with E-state index in [2.05, 4.69) is 15.9 Å². The second-order valence-electron chi connectivity index (χ2n) is 3.28. The van der Waals surface area contributed by atoms with Gasteiger partial charge in [0.2, 0.25) is 0 Å². The molecule has 14 heavy (non-hydrogen) atoms. The molecule has 3 heteroatoms. The highest BCUT2D eigenvalue weighted by Gasteiger charge is 2.04. The fraction of sp³-hybridized carbons (Fsp3) is 0.273. The van der Waals surface area contributed by atoms with Crippen LogP contribution >= 0.6 is 15.9 Å². The Morgan fingerprint density at radius 1 is 1.21 bits per heavy atom. The topological polar surface area (TPSA) is 34.1 Å². The molecule has 1 aromatic rings. The van der Waals surface area contributed by atoms with Gasteiger partial charge in [0.05, 0.1) is 0 Å². The van der Waals surface area contributed by atoms with Crippen LogP contribution in [0.5, 0.6) is 0 Å². The Morgan fingerprint density at radius 3 is 2.36 bits per heavy atom. The van der Waals surface area contributed by atoms with Gasteiger partial charge in [-0.15, -0.1) is 0 Å². The molecule has 0 fully saturated rings. The molecule has 0 saturated heterocycles. The van der Waals surface area contributed by atoms with Crippen molar-refractivity contribution in [3.63, 3.8) is 0 Å². The lowest BCUT2D eigenvalue weighted by atomic mass is 10.0. The van der Waals surface area contributed by atoms with E-state index in [1.165, 1.54) is 13.8 Å². The van der Waals surface area contributed by atoms with Crippen molar-refractivity contribution in [3.8, 4) is 0 Å². The Morgan fingerprint density at radius 2 is 1.86 bits per heavy atom. The molecule has 0 amide bonds. The maximum absolute atomic E-state index is 11.1. The molecule has 2 nitrogen and oxygen atoms in total. The molecular weight excluding hydrogens is 244 g/mol. The maximum atomic E-state index is 11.1. The van der Waals surface area contributed by atoms with E-state index in [1.807, 2.05) is 6.07 Å². The highest BCUT2D eigenvalue weighted by Crippen LogP contribution is 2.17. The molecule has 0 aromatic heterocycles. The Balaban J connectivity index is 3.07. The van der Waals surface area contributed by atoms with E-state index in [0.717, 1.165) is 10.0 Å². The molecular formula is C11H11BrO2. The summed E-state index contributed by atoms with van der Waals surface area (Å²) in [4.78, 5) is 22.0. The number of carbonyl (C=O) groups is 2. The van der Waals surface area contributed by atoms with Crippen molar-refractivity contribution in [1.82, 2.24) is 0 Å². The molecule has 0 heterocycles. The summed E-state index contributed by atoms with van der Waals surface area (Å²) in [6.07, 6.45) is 0.375. The van der Waals surface area contributed by atoms with Gasteiger partial charge in [0.1, 0.15) is 5.78 Å². The standard InChI is InChI=1S/C11H11BrO2/c1-7(13)3-9-4-10(8(2)14)6-11(12)5-9/h4-6H,3H2,1-2H3. The van der Waals surface area contributed by atoms with E-state index in [1.54, 1.807) is 12.1 Å². The SMILES string of the molecule is CC(=O)Cc1cc(Br)cc(C(C)=O)c1. The molecule has 0 atom stereocenters. The largest absolute Gasteiger partial charge is 0.300 e. The first-order valence-electron chi connectivity index (χ1n) is 4.29.